The van der Waals surface area contributed by atoms with Crippen LogP contribution >= 0.6 is 0 Å². The third kappa shape index (κ3) is 3.79. The van der Waals surface area contributed by atoms with Crippen molar-refractivity contribution in [2.75, 3.05) is 0 Å². The molecule has 1 unspecified atom stereocenters. The lowest BCUT2D eigenvalue weighted by Gasteiger charge is -2.30. The molecule has 3 rings (SSSR count). The van der Waals surface area contributed by atoms with Crippen molar-refractivity contribution in [3.8, 4) is 0 Å². The number of hydrogen-bond acceptors (Lipinski definition) is 1. The maximum Gasteiger partial charge on any atom is 0.119 e. The van der Waals surface area contributed by atoms with Crippen LogP contribution in [0.4, 0.5) is 0 Å². The quantitative estimate of drug-likeness (QED) is 0.433. The maximum atomic E-state index is 6.64. The monoisotopic (exact) mass is 320 g/mol. The summed E-state index contributed by atoms with van der Waals surface area (Å²) in [7, 11) is 0. The number of ether oxygens (including phenoxy) is 1. The highest BCUT2D eigenvalue weighted by Gasteiger charge is 2.42. The van der Waals surface area contributed by atoms with E-state index in [1.165, 1.54) is 30.4 Å². The summed E-state index contributed by atoms with van der Waals surface area (Å²) in [5.41, 5.74) is 2.22. The molecule has 1 aliphatic heterocycles. The van der Waals surface area contributed by atoms with Crippen molar-refractivity contribution in [1.29, 1.82) is 0 Å². The number of hydrogen-bond donors (Lipinski definition) is 0. The molecule has 0 amide bonds. The van der Waals surface area contributed by atoms with Crippen molar-refractivity contribution in [1.82, 2.24) is 0 Å². The predicted molar refractivity (Wildman–Crippen MR) is 101 cm³/mol. The number of unbranched alkanes of at least 4 members (excludes halogenated alkanes) is 3. The molecule has 0 N–H and O–H groups in total. The second-order valence-corrected chi connectivity index (χ2v) is 6.68. The Morgan fingerprint density at radius 1 is 0.958 bits per heavy atom. The molecule has 2 aromatic carbocycles. The first-order chi connectivity index (χ1) is 11.8. The Bertz CT molecular complexity index is 590. The van der Waals surface area contributed by atoms with Gasteiger partial charge < -0.3 is 4.74 Å². The Morgan fingerprint density at radius 3 is 2.17 bits per heavy atom. The van der Waals surface area contributed by atoms with Crippen molar-refractivity contribution in [2.45, 2.75) is 57.2 Å². The van der Waals surface area contributed by atoms with Crippen LogP contribution in [0.15, 0.2) is 72.8 Å². The van der Waals surface area contributed by atoms with Gasteiger partial charge >= 0.3 is 0 Å². The standard InChI is InChI=1S/C23H28O/c1-2-3-4-5-12-17-22-18-19-23(24-22,20-13-8-6-9-14-20)21-15-10-7-11-16-21/h6-17,22H,2-5,18-19H2,1H3/b17-12-. The first-order valence-corrected chi connectivity index (χ1v) is 9.31. The van der Waals surface area contributed by atoms with Crippen LogP contribution < -0.4 is 0 Å². The molecule has 0 aromatic heterocycles. The van der Waals surface area contributed by atoms with E-state index in [1.807, 2.05) is 0 Å². The van der Waals surface area contributed by atoms with Crippen LogP contribution in [-0.4, -0.2) is 6.10 Å². The van der Waals surface area contributed by atoms with Crippen LogP contribution in [0.25, 0.3) is 0 Å². The molecule has 24 heavy (non-hydrogen) atoms. The van der Waals surface area contributed by atoms with Crippen molar-refractivity contribution < 1.29 is 4.74 Å². The molecule has 0 radical (unpaired) electrons. The van der Waals surface area contributed by atoms with Gasteiger partial charge in [-0.1, -0.05) is 92.6 Å². The van der Waals surface area contributed by atoms with E-state index >= 15 is 0 Å². The lowest BCUT2D eigenvalue weighted by atomic mass is 9.84. The largest absolute Gasteiger partial charge is 0.358 e. The van der Waals surface area contributed by atoms with Gasteiger partial charge in [0.25, 0.3) is 0 Å². The van der Waals surface area contributed by atoms with E-state index in [0.29, 0.717) is 0 Å². The van der Waals surface area contributed by atoms with Crippen LogP contribution in [0.3, 0.4) is 0 Å². The summed E-state index contributed by atoms with van der Waals surface area (Å²) in [5.74, 6) is 0. The zero-order valence-corrected chi connectivity index (χ0v) is 14.7. The second kappa shape index (κ2) is 8.30. The van der Waals surface area contributed by atoms with Crippen LogP contribution in [0.5, 0.6) is 0 Å². The molecular formula is C23H28O. The molecule has 2 aromatic rings. The predicted octanol–water partition coefficient (Wildman–Crippen LogP) is 6.25. The molecule has 1 aliphatic rings. The average Bonchev–Trinajstić information content (AvgIpc) is 3.09. The van der Waals surface area contributed by atoms with Gasteiger partial charge in [0.1, 0.15) is 5.60 Å². The third-order valence-electron chi connectivity index (χ3n) is 4.94. The van der Waals surface area contributed by atoms with Gasteiger partial charge in [-0.05, 0) is 36.8 Å². The van der Waals surface area contributed by atoms with Gasteiger partial charge in [-0.15, -0.1) is 0 Å². The van der Waals surface area contributed by atoms with Gasteiger partial charge in [0.2, 0.25) is 0 Å². The smallest absolute Gasteiger partial charge is 0.119 e. The molecule has 1 heteroatoms. The molecular weight excluding hydrogens is 292 g/mol. The van der Waals surface area contributed by atoms with Crippen LogP contribution in [0.1, 0.15) is 56.6 Å². The Hall–Kier alpha value is -1.86. The van der Waals surface area contributed by atoms with Gasteiger partial charge in [-0.25, -0.2) is 0 Å². The number of benzene rings is 2. The molecule has 1 heterocycles. The van der Waals surface area contributed by atoms with Crippen LogP contribution in [0.2, 0.25) is 0 Å². The Labute approximate surface area is 146 Å². The van der Waals surface area contributed by atoms with Gasteiger partial charge in [0.15, 0.2) is 0 Å². The lowest BCUT2D eigenvalue weighted by Crippen LogP contribution is -2.27. The first kappa shape index (κ1) is 17.0. The fraction of sp³-hybridized carbons (Fsp3) is 0.391. The normalized spacial score (nSPS) is 19.8. The summed E-state index contributed by atoms with van der Waals surface area (Å²) in [6, 6.07) is 21.4. The Balaban J connectivity index is 1.79. The summed E-state index contributed by atoms with van der Waals surface area (Å²) in [6.45, 7) is 2.25. The highest BCUT2D eigenvalue weighted by Crippen LogP contribution is 2.45. The summed E-state index contributed by atoms with van der Waals surface area (Å²) >= 11 is 0. The highest BCUT2D eigenvalue weighted by molar-refractivity contribution is 5.37. The minimum Gasteiger partial charge on any atom is -0.358 e. The lowest BCUT2D eigenvalue weighted by molar-refractivity contribution is 0.00391. The average molecular weight is 320 g/mol. The molecule has 1 atom stereocenters. The van der Waals surface area contributed by atoms with E-state index in [1.54, 1.807) is 0 Å². The Kier molecular flexibility index (Phi) is 5.87. The fourth-order valence-electron chi connectivity index (χ4n) is 3.62. The van der Waals surface area contributed by atoms with Gasteiger partial charge in [-0.3, -0.25) is 0 Å². The van der Waals surface area contributed by atoms with E-state index in [2.05, 4.69) is 79.7 Å². The van der Waals surface area contributed by atoms with Gasteiger partial charge in [0, 0.05) is 0 Å². The molecule has 1 fully saturated rings. The van der Waals surface area contributed by atoms with Crippen LogP contribution in [0, 0.1) is 0 Å². The third-order valence-corrected chi connectivity index (χ3v) is 4.94. The van der Waals surface area contributed by atoms with E-state index in [4.69, 9.17) is 4.74 Å². The van der Waals surface area contributed by atoms with Gasteiger partial charge in [-0.2, -0.15) is 0 Å². The first-order valence-electron chi connectivity index (χ1n) is 9.31. The van der Waals surface area contributed by atoms with Crippen molar-refractivity contribution in [3.05, 3.63) is 83.9 Å². The SMILES string of the molecule is CCCCC/C=C\C1CCC(c2ccccc2)(c2ccccc2)O1. The van der Waals surface area contributed by atoms with Crippen molar-refractivity contribution in [2.24, 2.45) is 0 Å². The molecule has 1 nitrogen and oxygen atoms in total. The van der Waals surface area contributed by atoms with E-state index in [0.717, 1.165) is 19.3 Å². The molecule has 1 saturated heterocycles. The molecule has 0 saturated carbocycles. The van der Waals surface area contributed by atoms with Crippen molar-refractivity contribution in [3.63, 3.8) is 0 Å². The summed E-state index contributed by atoms with van der Waals surface area (Å²) in [6.07, 6.45) is 12.0. The summed E-state index contributed by atoms with van der Waals surface area (Å²) < 4.78 is 6.64. The highest BCUT2D eigenvalue weighted by atomic mass is 16.5. The summed E-state index contributed by atoms with van der Waals surface area (Å²) in [4.78, 5) is 0. The Morgan fingerprint density at radius 2 is 1.58 bits per heavy atom. The molecule has 0 bridgehead atoms. The van der Waals surface area contributed by atoms with Gasteiger partial charge in [0.05, 0.1) is 6.10 Å². The fourth-order valence-corrected chi connectivity index (χ4v) is 3.62. The topological polar surface area (TPSA) is 9.23 Å². The van der Waals surface area contributed by atoms with Crippen molar-refractivity contribution >= 4 is 0 Å². The zero-order valence-electron chi connectivity index (χ0n) is 14.7. The molecule has 0 spiro atoms. The number of allylic oxidation sites excluding steroid dienone is 1. The van der Waals surface area contributed by atoms with E-state index in [9.17, 15) is 0 Å². The van der Waals surface area contributed by atoms with E-state index in [-0.39, 0.29) is 11.7 Å². The zero-order chi connectivity index (χ0) is 16.7. The maximum absolute atomic E-state index is 6.64. The van der Waals surface area contributed by atoms with E-state index < -0.39 is 0 Å². The minimum atomic E-state index is -0.305. The summed E-state index contributed by atoms with van der Waals surface area (Å²) in [5, 5.41) is 0. The molecule has 126 valence electrons. The second-order valence-electron chi connectivity index (χ2n) is 6.68. The van der Waals surface area contributed by atoms with Crippen LogP contribution in [-0.2, 0) is 10.3 Å². The minimum absolute atomic E-state index is 0.215. The number of rotatable bonds is 7. The molecule has 0 aliphatic carbocycles.